The number of rotatable bonds is 8. The smallest absolute Gasteiger partial charge is 0.433 e. The molecule has 2 aromatic carbocycles. The molecule has 0 spiro atoms. The molecule has 1 N–H and O–H groups in total. The van der Waals surface area contributed by atoms with E-state index in [9.17, 15) is 31.1 Å². The predicted octanol–water partition coefficient (Wildman–Crippen LogP) is 4.52. The van der Waals surface area contributed by atoms with E-state index in [0.717, 1.165) is 27.7 Å². The van der Waals surface area contributed by atoms with E-state index in [2.05, 4.69) is 15.2 Å². The molecule has 1 aliphatic rings. The number of hydrogen-bond acceptors (Lipinski definition) is 6. The standard InChI is InChI=1S/C28H31F4N5O3S/c1-18-4-8-22(9-5-18)36-12-14-37(15-13-36)26-21(7-11-25(34-26)28(30,31)32)17-33-27(38)19(2)20-6-10-24(23(29)16-20)35(3)41(39)40/h4-11,16,19H,12-15,17H2,1-3H3,(H,33,38)(H,39,40)/p-1. The van der Waals surface area contributed by atoms with E-state index in [-0.39, 0.29) is 18.1 Å². The molecule has 8 nitrogen and oxygen atoms in total. The Labute approximate surface area is 238 Å². The third-order valence-electron chi connectivity index (χ3n) is 7.11. The van der Waals surface area contributed by atoms with Gasteiger partial charge in [-0.1, -0.05) is 29.8 Å². The maximum Gasteiger partial charge on any atom is 0.433 e. The monoisotopic (exact) mass is 592 g/mol. The first-order valence-corrected chi connectivity index (χ1v) is 13.9. The minimum atomic E-state index is -4.63. The molecule has 2 atom stereocenters. The van der Waals surface area contributed by atoms with Gasteiger partial charge in [0.15, 0.2) is 0 Å². The summed E-state index contributed by atoms with van der Waals surface area (Å²) in [5.74, 6) is -1.95. The van der Waals surface area contributed by atoms with Crippen LogP contribution in [-0.2, 0) is 28.8 Å². The van der Waals surface area contributed by atoms with Crippen LogP contribution in [-0.4, -0.2) is 52.9 Å². The van der Waals surface area contributed by atoms with Gasteiger partial charge in [-0.15, -0.1) is 0 Å². The SMILES string of the molecule is Cc1ccc(N2CCN(c3nc(C(F)(F)F)ccc3CNC(=O)C(C)c3ccc(N(C)S(=O)[O-])c(F)c3)CC2)cc1. The zero-order chi connectivity index (χ0) is 29.9. The number of benzene rings is 2. The highest BCUT2D eigenvalue weighted by Gasteiger charge is 2.34. The van der Waals surface area contributed by atoms with Gasteiger partial charge in [-0.25, -0.2) is 9.37 Å². The summed E-state index contributed by atoms with van der Waals surface area (Å²) in [6.45, 7) is 5.51. The summed E-state index contributed by atoms with van der Waals surface area (Å²) in [5, 5.41) is 2.72. The van der Waals surface area contributed by atoms with Crippen LogP contribution in [0.25, 0.3) is 0 Å². The lowest BCUT2D eigenvalue weighted by Gasteiger charge is -2.37. The number of piperazine rings is 1. The van der Waals surface area contributed by atoms with Crippen LogP contribution in [0.3, 0.4) is 0 Å². The van der Waals surface area contributed by atoms with Crippen molar-refractivity contribution in [2.75, 3.05) is 47.3 Å². The molecule has 13 heteroatoms. The lowest BCUT2D eigenvalue weighted by Crippen LogP contribution is -2.47. The van der Waals surface area contributed by atoms with Crippen LogP contribution in [0.1, 0.15) is 35.2 Å². The van der Waals surface area contributed by atoms with Crippen LogP contribution < -0.4 is 19.4 Å². The second kappa shape index (κ2) is 12.4. The first kappa shape index (κ1) is 30.3. The van der Waals surface area contributed by atoms with Gasteiger partial charge in [0.2, 0.25) is 5.91 Å². The first-order chi connectivity index (χ1) is 19.3. The van der Waals surface area contributed by atoms with E-state index in [1.165, 1.54) is 25.2 Å². The molecule has 1 fully saturated rings. The average Bonchev–Trinajstić information content (AvgIpc) is 2.95. The summed E-state index contributed by atoms with van der Waals surface area (Å²) >= 11 is -2.67. The van der Waals surface area contributed by atoms with Crippen molar-refractivity contribution in [2.24, 2.45) is 0 Å². The zero-order valence-corrected chi connectivity index (χ0v) is 23.6. The highest BCUT2D eigenvalue weighted by Crippen LogP contribution is 2.32. The summed E-state index contributed by atoms with van der Waals surface area (Å²) in [6.07, 6.45) is -4.63. The maximum absolute atomic E-state index is 14.5. The molecule has 4 rings (SSSR count). The summed E-state index contributed by atoms with van der Waals surface area (Å²) in [4.78, 5) is 20.8. The Bertz CT molecular complexity index is 1410. The van der Waals surface area contributed by atoms with Gasteiger partial charge in [0, 0.05) is 62.3 Å². The van der Waals surface area contributed by atoms with Crippen LogP contribution in [0.15, 0.2) is 54.6 Å². The number of nitrogens with one attached hydrogen (secondary N) is 1. The lowest BCUT2D eigenvalue weighted by molar-refractivity contribution is -0.141. The van der Waals surface area contributed by atoms with Crippen molar-refractivity contribution in [3.05, 3.63) is 82.8 Å². The summed E-state index contributed by atoms with van der Waals surface area (Å²) < 4.78 is 78.1. The van der Waals surface area contributed by atoms with Gasteiger partial charge >= 0.3 is 6.18 Å². The highest BCUT2D eigenvalue weighted by atomic mass is 32.2. The molecule has 0 radical (unpaired) electrons. The van der Waals surface area contributed by atoms with E-state index in [1.54, 1.807) is 11.8 Å². The second-order valence-corrected chi connectivity index (χ2v) is 10.8. The number of carbonyl (C=O) groups excluding carboxylic acids is 1. The molecule has 2 heterocycles. The number of alkyl halides is 3. The highest BCUT2D eigenvalue weighted by molar-refractivity contribution is 7.80. The number of nitrogens with zero attached hydrogens (tertiary/aromatic N) is 4. The van der Waals surface area contributed by atoms with Gasteiger partial charge in [-0.3, -0.25) is 9.00 Å². The Kier molecular flexibility index (Phi) is 9.17. The van der Waals surface area contributed by atoms with Gasteiger partial charge in [-0.2, -0.15) is 13.2 Å². The Morgan fingerprint density at radius 1 is 1.07 bits per heavy atom. The molecule has 220 valence electrons. The fourth-order valence-electron chi connectivity index (χ4n) is 4.59. The Morgan fingerprint density at radius 2 is 1.71 bits per heavy atom. The van der Waals surface area contributed by atoms with Crippen molar-refractivity contribution in [2.45, 2.75) is 32.5 Å². The third kappa shape index (κ3) is 7.14. The van der Waals surface area contributed by atoms with Crippen LogP contribution in [0.2, 0.25) is 0 Å². The predicted molar refractivity (Wildman–Crippen MR) is 149 cm³/mol. The Morgan fingerprint density at radius 3 is 2.29 bits per heavy atom. The zero-order valence-electron chi connectivity index (χ0n) is 22.7. The second-order valence-electron chi connectivity index (χ2n) is 9.85. The molecule has 3 aromatic rings. The van der Waals surface area contributed by atoms with Gasteiger partial charge in [0.05, 0.1) is 11.6 Å². The number of amides is 1. The van der Waals surface area contributed by atoms with E-state index in [1.807, 2.05) is 31.2 Å². The van der Waals surface area contributed by atoms with E-state index >= 15 is 0 Å². The van der Waals surface area contributed by atoms with Crippen LogP contribution >= 0.6 is 0 Å². The molecule has 1 amide bonds. The van der Waals surface area contributed by atoms with Crippen molar-refractivity contribution in [3.63, 3.8) is 0 Å². The minimum absolute atomic E-state index is 0.0830. The van der Waals surface area contributed by atoms with Crippen molar-refractivity contribution in [1.29, 1.82) is 0 Å². The van der Waals surface area contributed by atoms with Gasteiger partial charge in [-0.05, 0) is 49.7 Å². The van der Waals surface area contributed by atoms with Crippen LogP contribution in [0.4, 0.5) is 34.8 Å². The molecule has 1 aromatic heterocycles. The van der Waals surface area contributed by atoms with Gasteiger partial charge < -0.3 is 24.0 Å². The van der Waals surface area contributed by atoms with E-state index < -0.39 is 40.8 Å². The van der Waals surface area contributed by atoms with Gasteiger partial charge in [0.1, 0.15) is 17.3 Å². The normalized spacial score (nSPS) is 15.4. The quantitative estimate of drug-likeness (QED) is 0.306. The molecule has 1 saturated heterocycles. The average molecular weight is 593 g/mol. The fraction of sp³-hybridized carbons (Fsp3) is 0.357. The maximum atomic E-state index is 14.5. The molecule has 2 unspecified atom stereocenters. The van der Waals surface area contributed by atoms with Crippen molar-refractivity contribution in [3.8, 4) is 0 Å². The minimum Gasteiger partial charge on any atom is -0.755 e. The topological polar surface area (TPSA) is 91.8 Å². The third-order valence-corrected chi connectivity index (χ3v) is 7.75. The number of halogens is 4. The van der Waals surface area contributed by atoms with Crippen molar-refractivity contribution >= 4 is 34.4 Å². The molecular formula is C28H30F4N5O3S-. The van der Waals surface area contributed by atoms with Crippen LogP contribution in [0.5, 0.6) is 0 Å². The van der Waals surface area contributed by atoms with Crippen LogP contribution in [0, 0.1) is 12.7 Å². The Balaban J connectivity index is 1.48. The Hall–Kier alpha value is -3.71. The molecule has 0 bridgehead atoms. The first-order valence-electron chi connectivity index (χ1n) is 12.9. The van der Waals surface area contributed by atoms with E-state index in [0.29, 0.717) is 37.3 Å². The molecular weight excluding hydrogens is 562 g/mol. The largest absolute Gasteiger partial charge is 0.755 e. The van der Waals surface area contributed by atoms with Gasteiger partial charge in [0.25, 0.3) is 0 Å². The summed E-state index contributed by atoms with van der Waals surface area (Å²) in [5.41, 5.74) is 1.71. The van der Waals surface area contributed by atoms with Crippen molar-refractivity contribution in [1.82, 2.24) is 10.3 Å². The molecule has 41 heavy (non-hydrogen) atoms. The lowest BCUT2D eigenvalue weighted by atomic mass is 9.99. The van der Waals surface area contributed by atoms with E-state index in [4.69, 9.17) is 0 Å². The molecule has 1 aliphatic heterocycles. The number of carbonyl (C=O) groups is 1. The summed E-state index contributed by atoms with van der Waals surface area (Å²) in [7, 11) is 1.19. The number of hydrogen-bond donors (Lipinski definition) is 1. The molecule has 0 aliphatic carbocycles. The number of aryl methyl sites for hydroxylation is 1. The number of anilines is 3. The van der Waals surface area contributed by atoms with Crippen molar-refractivity contribution < 1.29 is 31.1 Å². The number of aromatic nitrogens is 1. The number of pyridine rings is 1. The summed E-state index contributed by atoms with van der Waals surface area (Å²) in [6, 6.07) is 14.0. The fourth-order valence-corrected chi connectivity index (χ4v) is 4.90. The molecule has 0 saturated carbocycles.